The molecule has 1 aliphatic carbocycles. The number of nitrogens with two attached hydrogens (primary N) is 1. The SMILES string of the molecule is NCCCCS(=O)(=O)CCCNc1cccc2c1C(=O)N(C1CCC(=O)CC1=O)C2=O. The van der Waals surface area contributed by atoms with E-state index in [1.807, 2.05) is 0 Å². The topological polar surface area (TPSA) is 144 Å². The van der Waals surface area contributed by atoms with Gasteiger partial charge in [-0.05, 0) is 44.4 Å². The molecule has 1 unspecified atom stereocenters. The van der Waals surface area contributed by atoms with E-state index in [0.29, 0.717) is 38.0 Å². The third-order valence-electron chi connectivity index (χ3n) is 5.55. The van der Waals surface area contributed by atoms with E-state index >= 15 is 0 Å². The first-order valence-electron chi connectivity index (χ1n) is 10.4. The fourth-order valence-electron chi connectivity index (χ4n) is 3.95. The minimum atomic E-state index is -3.16. The average molecular weight is 450 g/mol. The van der Waals surface area contributed by atoms with Crippen LogP contribution in [-0.4, -0.2) is 67.3 Å². The van der Waals surface area contributed by atoms with Crippen LogP contribution in [0.5, 0.6) is 0 Å². The monoisotopic (exact) mass is 449 g/mol. The van der Waals surface area contributed by atoms with Crippen LogP contribution in [0.2, 0.25) is 0 Å². The van der Waals surface area contributed by atoms with Gasteiger partial charge in [0.1, 0.15) is 15.6 Å². The van der Waals surface area contributed by atoms with Crippen molar-refractivity contribution in [3.05, 3.63) is 29.3 Å². The number of Topliss-reactive ketones (excluding diaryl/α,β-unsaturated/α-hetero) is 2. The number of rotatable bonds is 10. The lowest BCUT2D eigenvalue weighted by Crippen LogP contribution is -2.47. The molecule has 2 amide bonds. The van der Waals surface area contributed by atoms with Crippen molar-refractivity contribution in [1.29, 1.82) is 0 Å². The van der Waals surface area contributed by atoms with Crippen LogP contribution in [0.4, 0.5) is 5.69 Å². The van der Waals surface area contributed by atoms with Gasteiger partial charge in [0.25, 0.3) is 11.8 Å². The van der Waals surface area contributed by atoms with Crippen LogP contribution >= 0.6 is 0 Å². The zero-order valence-corrected chi connectivity index (χ0v) is 18.1. The Kier molecular flexibility index (Phi) is 7.22. The summed E-state index contributed by atoms with van der Waals surface area (Å²) in [5.74, 6) is -1.59. The van der Waals surface area contributed by atoms with Gasteiger partial charge in [-0.3, -0.25) is 24.1 Å². The fourth-order valence-corrected chi connectivity index (χ4v) is 5.38. The highest BCUT2D eigenvalue weighted by Crippen LogP contribution is 2.33. The van der Waals surface area contributed by atoms with E-state index in [0.717, 1.165) is 4.90 Å². The van der Waals surface area contributed by atoms with Crippen molar-refractivity contribution in [3.8, 4) is 0 Å². The number of amides is 2. The van der Waals surface area contributed by atoms with Gasteiger partial charge in [-0.25, -0.2) is 8.42 Å². The number of unbranched alkanes of at least 4 members (excludes halogenated alkanes) is 1. The number of hydrogen-bond acceptors (Lipinski definition) is 8. The number of ketones is 2. The molecule has 0 aromatic heterocycles. The maximum absolute atomic E-state index is 13.0. The Labute approximate surface area is 181 Å². The summed E-state index contributed by atoms with van der Waals surface area (Å²) in [5, 5.41) is 3.05. The van der Waals surface area contributed by atoms with Gasteiger partial charge in [-0.15, -0.1) is 0 Å². The molecule has 31 heavy (non-hydrogen) atoms. The molecular weight excluding hydrogens is 422 g/mol. The van der Waals surface area contributed by atoms with Crippen LogP contribution in [0.1, 0.15) is 59.2 Å². The Bertz CT molecular complexity index is 1000. The second kappa shape index (κ2) is 9.69. The van der Waals surface area contributed by atoms with Crippen molar-refractivity contribution in [3.63, 3.8) is 0 Å². The Morgan fingerprint density at radius 3 is 2.48 bits per heavy atom. The summed E-state index contributed by atoms with van der Waals surface area (Å²) < 4.78 is 24.1. The number of nitrogens with zero attached hydrogens (tertiary/aromatic N) is 1. The first-order chi connectivity index (χ1) is 14.7. The quantitative estimate of drug-likeness (QED) is 0.305. The molecule has 9 nitrogen and oxygen atoms in total. The van der Waals surface area contributed by atoms with Crippen molar-refractivity contribution < 1.29 is 27.6 Å². The van der Waals surface area contributed by atoms with Gasteiger partial charge in [-0.1, -0.05) is 6.07 Å². The summed E-state index contributed by atoms with van der Waals surface area (Å²) in [7, 11) is -3.16. The normalized spacial score (nSPS) is 19.1. The maximum atomic E-state index is 13.0. The highest BCUT2D eigenvalue weighted by atomic mass is 32.2. The summed E-state index contributed by atoms with van der Waals surface area (Å²) in [4.78, 5) is 50.6. The van der Waals surface area contributed by atoms with Crippen LogP contribution in [0.15, 0.2) is 18.2 Å². The first-order valence-corrected chi connectivity index (χ1v) is 12.3. The molecular formula is C21H27N3O6S. The highest BCUT2D eigenvalue weighted by molar-refractivity contribution is 7.91. The van der Waals surface area contributed by atoms with Gasteiger partial charge < -0.3 is 11.1 Å². The number of nitrogens with one attached hydrogen (secondary N) is 1. The number of carbonyl (C=O) groups excluding carboxylic acids is 4. The van der Waals surface area contributed by atoms with Gasteiger partial charge in [0.2, 0.25) is 0 Å². The molecule has 10 heteroatoms. The molecule has 3 N–H and O–H groups in total. The lowest BCUT2D eigenvalue weighted by Gasteiger charge is -2.27. The Hall–Kier alpha value is -2.59. The zero-order chi connectivity index (χ0) is 22.6. The van der Waals surface area contributed by atoms with Gasteiger partial charge in [-0.2, -0.15) is 0 Å². The van der Waals surface area contributed by atoms with Crippen LogP contribution in [0.25, 0.3) is 0 Å². The van der Waals surface area contributed by atoms with Crippen molar-refractivity contribution in [2.75, 3.05) is 29.9 Å². The number of benzene rings is 1. The number of carbonyl (C=O) groups is 4. The highest BCUT2D eigenvalue weighted by Gasteiger charge is 2.45. The third kappa shape index (κ3) is 5.19. The third-order valence-corrected chi connectivity index (χ3v) is 7.38. The molecule has 1 atom stereocenters. The number of hydrogen-bond donors (Lipinski definition) is 2. The zero-order valence-electron chi connectivity index (χ0n) is 17.3. The molecule has 0 spiro atoms. The Balaban J connectivity index is 1.65. The van der Waals surface area contributed by atoms with Crippen molar-refractivity contribution in [2.24, 2.45) is 5.73 Å². The molecule has 1 heterocycles. The van der Waals surface area contributed by atoms with Crippen molar-refractivity contribution in [2.45, 2.75) is 44.6 Å². The van der Waals surface area contributed by atoms with Crippen LogP contribution in [0, 0.1) is 0 Å². The number of fused-ring (bicyclic) bond motifs is 1. The molecule has 1 fully saturated rings. The van der Waals surface area contributed by atoms with E-state index in [1.165, 1.54) is 6.07 Å². The molecule has 1 aromatic rings. The van der Waals surface area contributed by atoms with Crippen LogP contribution in [0.3, 0.4) is 0 Å². The van der Waals surface area contributed by atoms with Crippen molar-refractivity contribution >= 4 is 38.9 Å². The van der Waals surface area contributed by atoms with E-state index in [-0.39, 0.29) is 47.7 Å². The summed E-state index contributed by atoms with van der Waals surface area (Å²) in [6, 6.07) is 3.89. The maximum Gasteiger partial charge on any atom is 0.264 e. The van der Waals surface area contributed by atoms with Crippen molar-refractivity contribution in [1.82, 2.24) is 4.90 Å². The van der Waals surface area contributed by atoms with E-state index in [4.69, 9.17) is 5.73 Å². The molecule has 0 saturated heterocycles. The smallest absolute Gasteiger partial charge is 0.264 e. The second-order valence-electron chi connectivity index (χ2n) is 7.87. The molecule has 168 valence electrons. The fraction of sp³-hybridized carbons (Fsp3) is 0.524. The Morgan fingerprint density at radius 2 is 1.77 bits per heavy atom. The van der Waals surface area contributed by atoms with E-state index in [1.54, 1.807) is 12.1 Å². The van der Waals surface area contributed by atoms with Crippen LogP contribution < -0.4 is 11.1 Å². The van der Waals surface area contributed by atoms with Gasteiger partial charge in [0, 0.05) is 18.7 Å². The van der Waals surface area contributed by atoms with E-state index in [2.05, 4.69) is 5.32 Å². The standard InChI is InChI=1S/C21H27N3O6S/c22-9-1-2-11-31(29,30)12-4-10-23-16-6-3-5-15-19(16)21(28)24(20(15)27)17-8-7-14(25)13-18(17)26/h3,5-6,17,23H,1-2,4,7-13,22H2. The minimum absolute atomic E-state index is 0.0171. The summed E-state index contributed by atoms with van der Waals surface area (Å²) in [6.07, 6.45) is 1.60. The van der Waals surface area contributed by atoms with Crippen LogP contribution in [-0.2, 0) is 19.4 Å². The van der Waals surface area contributed by atoms with E-state index in [9.17, 15) is 27.6 Å². The number of anilines is 1. The molecule has 2 aliphatic rings. The van der Waals surface area contributed by atoms with E-state index < -0.39 is 33.5 Å². The van der Waals surface area contributed by atoms with Gasteiger partial charge >= 0.3 is 0 Å². The molecule has 1 aliphatic heterocycles. The molecule has 1 saturated carbocycles. The molecule has 0 radical (unpaired) electrons. The van der Waals surface area contributed by atoms with Gasteiger partial charge in [0.05, 0.1) is 35.1 Å². The van der Waals surface area contributed by atoms with Gasteiger partial charge in [0.15, 0.2) is 5.78 Å². The lowest BCUT2D eigenvalue weighted by molar-refractivity contribution is -0.132. The summed E-state index contributed by atoms with van der Waals surface area (Å²) >= 11 is 0. The lowest BCUT2D eigenvalue weighted by atomic mass is 9.92. The summed E-state index contributed by atoms with van der Waals surface area (Å²) in [5.41, 5.74) is 6.20. The molecule has 0 bridgehead atoms. The molecule has 1 aromatic carbocycles. The summed E-state index contributed by atoms with van der Waals surface area (Å²) in [6.45, 7) is 0.771. The molecule has 3 rings (SSSR count). The largest absolute Gasteiger partial charge is 0.384 e. The first kappa shape index (κ1) is 23.1. The average Bonchev–Trinajstić information content (AvgIpc) is 2.97. The number of sulfone groups is 1. The Morgan fingerprint density at radius 1 is 1.03 bits per heavy atom. The predicted molar refractivity (Wildman–Crippen MR) is 115 cm³/mol. The number of imide groups is 1. The minimum Gasteiger partial charge on any atom is -0.384 e. The second-order valence-corrected chi connectivity index (χ2v) is 10.2. The predicted octanol–water partition coefficient (Wildman–Crippen LogP) is 0.929.